The number of hydrogen-bond acceptors (Lipinski definition) is 6. The molecule has 2 heterocycles. The van der Waals surface area contributed by atoms with Crippen LogP contribution in [-0.4, -0.2) is 40.0 Å². The minimum absolute atomic E-state index is 0.0527. The maximum Gasteiger partial charge on any atom is 0.326 e. The maximum absolute atomic E-state index is 12.3. The Kier molecular flexibility index (Phi) is 6.51. The Labute approximate surface area is 168 Å². The highest BCUT2D eigenvalue weighted by molar-refractivity contribution is 6.00. The molecule has 3 aromatic rings. The molecule has 0 spiro atoms. The molecule has 0 aliphatic carbocycles. The van der Waals surface area contributed by atoms with Crippen LogP contribution in [0.1, 0.15) is 19.0 Å². The van der Waals surface area contributed by atoms with Crippen molar-refractivity contribution in [3.63, 3.8) is 0 Å². The van der Waals surface area contributed by atoms with Crippen molar-refractivity contribution in [2.45, 2.75) is 20.3 Å². The molecule has 0 radical (unpaired) electrons. The van der Waals surface area contributed by atoms with Crippen LogP contribution in [0.5, 0.6) is 0 Å². The van der Waals surface area contributed by atoms with E-state index in [0.29, 0.717) is 24.6 Å². The summed E-state index contributed by atoms with van der Waals surface area (Å²) in [6.07, 6.45) is 4.22. The number of carbonyl (C=O) groups excluding carboxylic acids is 2. The normalized spacial score (nSPS) is 10.4. The van der Waals surface area contributed by atoms with Gasteiger partial charge in [0.2, 0.25) is 11.9 Å². The zero-order valence-electron chi connectivity index (χ0n) is 16.3. The van der Waals surface area contributed by atoms with Gasteiger partial charge in [0.15, 0.2) is 0 Å². The number of carbonyl (C=O) groups is 2. The lowest BCUT2D eigenvalue weighted by atomic mass is 10.1. The molecule has 0 aliphatic heterocycles. The smallest absolute Gasteiger partial charge is 0.326 e. The lowest BCUT2D eigenvalue weighted by Crippen LogP contribution is -2.23. The third kappa shape index (κ3) is 6.13. The molecule has 150 valence electrons. The second-order valence-corrected chi connectivity index (χ2v) is 6.50. The summed E-state index contributed by atoms with van der Waals surface area (Å²) >= 11 is 0. The van der Waals surface area contributed by atoms with Gasteiger partial charge in [-0.3, -0.25) is 15.1 Å². The number of benzene rings is 1. The van der Waals surface area contributed by atoms with Crippen LogP contribution in [0.2, 0.25) is 0 Å². The van der Waals surface area contributed by atoms with Crippen LogP contribution in [0, 0.1) is 6.92 Å². The molecule has 0 saturated heterocycles. The molecular formula is C20H23N7O2. The Balaban J connectivity index is 1.57. The number of rotatable bonds is 7. The van der Waals surface area contributed by atoms with Crippen molar-refractivity contribution < 1.29 is 9.59 Å². The van der Waals surface area contributed by atoms with Gasteiger partial charge in [0, 0.05) is 55.2 Å². The Bertz CT molecular complexity index is 1020. The van der Waals surface area contributed by atoms with Crippen LogP contribution in [0.4, 0.5) is 22.2 Å². The van der Waals surface area contributed by atoms with E-state index in [4.69, 9.17) is 0 Å². The van der Waals surface area contributed by atoms with Crippen molar-refractivity contribution in [1.29, 1.82) is 0 Å². The standard InChI is InChI=1S/C20H23N7O2/c1-13-10-18(23-8-3-7-22-14(2)28)26-19(24-13)27-20(29)25-17-5-4-15-6-9-21-12-16(15)11-17/h4-6,9-12H,3,7-8H2,1-2H3,(H,22,28)(H3,23,24,25,26,27,29). The van der Waals surface area contributed by atoms with Crippen molar-refractivity contribution >= 4 is 40.2 Å². The zero-order valence-corrected chi connectivity index (χ0v) is 16.3. The largest absolute Gasteiger partial charge is 0.370 e. The van der Waals surface area contributed by atoms with Crippen molar-refractivity contribution in [2.24, 2.45) is 0 Å². The molecule has 9 heteroatoms. The summed E-state index contributed by atoms with van der Waals surface area (Å²) in [5.74, 6) is 0.754. The van der Waals surface area contributed by atoms with Gasteiger partial charge in [-0.2, -0.15) is 4.98 Å². The lowest BCUT2D eigenvalue weighted by Gasteiger charge is -2.10. The number of aromatic nitrogens is 3. The third-order valence-electron chi connectivity index (χ3n) is 4.01. The molecule has 0 saturated carbocycles. The Morgan fingerprint density at radius 1 is 1.00 bits per heavy atom. The Morgan fingerprint density at radius 3 is 2.69 bits per heavy atom. The van der Waals surface area contributed by atoms with E-state index in [2.05, 4.69) is 36.2 Å². The first-order chi connectivity index (χ1) is 14.0. The zero-order chi connectivity index (χ0) is 20.6. The molecule has 0 bridgehead atoms. The van der Waals surface area contributed by atoms with Crippen LogP contribution in [-0.2, 0) is 4.79 Å². The highest BCUT2D eigenvalue weighted by Crippen LogP contribution is 2.18. The number of anilines is 3. The van der Waals surface area contributed by atoms with Crippen LogP contribution >= 0.6 is 0 Å². The van der Waals surface area contributed by atoms with E-state index in [1.54, 1.807) is 18.5 Å². The number of nitrogens with zero attached hydrogens (tertiary/aromatic N) is 3. The summed E-state index contributed by atoms with van der Waals surface area (Å²) in [6.45, 7) is 4.53. The fraction of sp³-hybridized carbons (Fsp3) is 0.250. The minimum Gasteiger partial charge on any atom is -0.370 e. The van der Waals surface area contributed by atoms with E-state index in [-0.39, 0.29) is 11.9 Å². The molecule has 3 amide bonds. The van der Waals surface area contributed by atoms with Gasteiger partial charge in [-0.1, -0.05) is 6.07 Å². The number of hydrogen-bond donors (Lipinski definition) is 4. The van der Waals surface area contributed by atoms with Crippen LogP contribution in [0.25, 0.3) is 10.8 Å². The summed E-state index contributed by atoms with van der Waals surface area (Å²) in [6, 6.07) is 8.85. The summed E-state index contributed by atoms with van der Waals surface area (Å²) in [5, 5.41) is 13.3. The molecule has 4 N–H and O–H groups in total. The highest BCUT2D eigenvalue weighted by atomic mass is 16.2. The predicted molar refractivity (Wildman–Crippen MR) is 113 cm³/mol. The fourth-order valence-electron chi connectivity index (χ4n) is 2.71. The second kappa shape index (κ2) is 9.45. The van der Waals surface area contributed by atoms with Gasteiger partial charge in [0.25, 0.3) is 0 Å². The molecule has 2 aromatic heterocycles. The number of amides is 3. The van der Waals surface area contributed by atoms with Crippen LogP contribution in [0.3, 0.4) is 0 Å². The molecule has 29 heavy (non-hydrogen) atoms. The first-order valence-corrected chi connectivity index (χ1v) is 9.25. The topological polar surface area (TPSA) is 121 Å². The predicted octanol–water partition coefficient (Wildman–Crippen LogP) is 2.92. The van der Waals surface area contributed by atoms with E-state index in [9.17, 15) is 9.59 Å². The van der Waals surface area contributed by atoms with Gasteiger partial charge in [0.05, 0.1) is 0 Å². The van der Waals surface area contributed by atoms with Crippen molar-refractivity contribution in [3.8, 4) is 0 Å². The molecule has 0 fully saturated rings. The average Bonchev–Trinajstić information content (AvgIpc) is 2.67. The maximum atomic E-state index is 12.3. The lowest BCUT2D eigenvalue weighted by molar-refractivity contribution is -0.118. The van der Waals surface area contributed by atoms with E-state index < -0.39 is 6.03 Å². The van der Waals surface area contributed by atoms with Gasteiger partial charge in [-0.05, 0) is 36.9 Å². The van der Waals surface area contributed by atoms with E-state index >= 15 is 0 Å². The first-order valence-electron chi connectivity index (χ1n) is 9.25. The highest BCUT2D eigenvalue weighted by Gasteiger charge is 2.08. The molecule has 0 aliphatic rings. The number of fused-ring (bicyclic) bond motifs is 1. The van der Waals surface area contributed by atoms with Crippen molar-refractivity contribution in [2.75, 3.05) is 29.0 Å². The summed E-state index contributed by atoms with van der Waals surface area (Å²) in [5.41, 5.74) is 1.36. The van der Waals surface area contributed by atoms with E-state index in [1.165, 1.54) is 6.92 Å². The van der Waals surface area contributed by atoms with Gasteiger partial charge in [-0.15, -0.1) is 0 Å². The molecule has 3 rings (SSSR count). The average molecular weight is 393 g/mol. The summed E-state index contributed by atoms with van der Waals surface area (Å²) < 4.78 is 0. The first kappa shape index (κ1) is 20.0. The van der Waals surface area contributed by atoms with E-state index in [0.717, 1.165) is 22.9 Å². The van der Waals surface area contributed by atoms with Gasteiger partial charge < -0.3 is 16.0 Å². The molecular weight excluding hydrogens is 370 g/mol. The third-order valence-corrected chi connectivity index (χ3v) is 4.01. The monoisotopic (exact) mass is 393 g/mol. The van der Waals surface area contributed by atoms with Crippen molar-refractivity contribution in [1.82, 2.24) is 20.3 Å². The fourth-order valence-corrected chi connectivity index (χ4v) is 2.71. The number of nitrogens with one attached hydrogen (secondary N) is 4. The number of urea groups is 1. The van der Waals surface area contributed by atoms with Crippen LogP contribution < -0.4 is 21.3 Å². The Hall–Kier alpha value is -3.75. The second-order valence-electron chi connectivity index (χ2n) is 6.50. The molecule has 0 atom stereocenters. The van der Waals surface area contributed by atoms with Crippen molar-refractivity contribution in [3.05, 3.63) is 48.4 Å². The Morgan fingerprint density at radius 2 is 1.86 bits per heavy atom. The van der Waals surface area contributed by atoms with Gasteiger partial charge in [-0.25, -0.2) is 9.78 Å². The van der Waals surface area contributed by atoms with E-state index in [1.807, 2.05) is 31.2 Å². The SMILES string of the molecule is CC(=O)NCCCNc1cc(C)nc(NC(=O)Nc2ccc3ccncc3c2)n1. The number of pyridine rings is 1. The molecule has 1 aromatic carbocycles. The minimum atomic E-state index is -0.435. The summed E-state index contributed by atoms with van der Waals surface area (Å²) in [4.78, 5) is 35.8. The van der Waals surface area contributed by atoms with Gasteiger partial charge >= 0.3 is 6.03 Å². The van der Waals surface area contributed by atoms with Crippen LogP contribution in [0.15, 0.2) is 42.7 Å². The summed E-state index contributed by atoms with van der Waals surface area (Å²) in [7, 11) is 0. The number of aryl methyl sites for hydroxylation is 1. The molecule has 9 nitrogen and oxygen atoms in total. The quantitative estimate of drug-likeness (QED) is 0.458. The molecule has 0 unspecified atom stereocenters. The van der Waals surface area contributed by atoms with Gasteiger partial charge in [0.1, 0.15) is 5.82 Å².